The summed E-state index contributed by atoms with van der Waals surface area (Å²) in [6.07, 6.45) is 9.01. The van der Waals surface area contributed by atoms with Crippen molar-refractivity contribution in [2.24, 2.45) is 5.92 Å². The van der Waals surface area contributed by atoms with Crippen molar-refractivity contribution in [2.75, 3.05) is 5.32 Å². The highest BCUT2D eigenvalue weighted by atomic mass is 16.2. The lowest BCUT2D eigenvalue weighted by Gasteiger charge is -2.39. The Bertz CT molecular complexity index is 434. The molecule has 0 bridgehead atoms. The van der Waals surface area contributed by atoms with Crippen molar-refractivity contribution >= 4 is 11.7 Å². The number of fused-ring (bicyclic) bond motifs is 1. The van der Waals surface area contributed by atoms with E-state index >= 15 is 0 Å². The van der Waals surface area contributed by atoms with Gasteiger partial charge in [-0.15, -0.1) is 0 Å². The van der Waals surface area contributed by atoms with Gasteiger partial charge in [0.2, 0.25) is 5.91 Å². The molecule has 3 rings (SSSR count). The predicted molar refractivity (Wildman–Crippen MR) is 74.8 cm³/mol. The summed E-state index contributed by atoms with van der Waals surface area (Å²) in [5.74, 6) is 1.48. The molecule has 1 amide bonds. The Morgan fingerprint density at radius 1 is 1.21 bits per heavy atom. The molecule has 1 aliphatic heterocycles. The van der Waals surface area contributed by atoms with Gasteiger partial charge >= 0.3 is 0 Å². The summed E-state index contributed by atoms with van der Waals surface area (Å²) in [6, 6.07) is 6.04. The lowest BCUT2D eigenvalue weighted by Crippen LogP contribution is -2.53. The largest absolute Gasteiger partial charge is 0.309 e. The van der Waals surface area contributed by atoms with E-state index < -0.39 is 0 Å². The van der Waals surface area contributed by atoms with Crippen molar-refractivity contribution < 1.29 is 4.79 Å². The van der Waals surface area contributed by atoms with Gasteiger partial charge in [0.1, 0.15) is 5.82 Å². The third-order valence-corrected chi connectivity index (χ3v) is 4.38. The Morgan fingerprint density at radius 2 is 2.11 bits per heavy atom. The summed E-state index contributed by atoms with van der Waals surface area (Å²) in [7, 11) is 0. The van der Waals surface area contributed by atoms with Crippen LogP contribution in [0.25, 0.3) is 0 Å². The van der Waals surface area contributed by atoms with Gasteiger partial charge in [-0.05, 0) is 43.7 Å². The Balaban J connectivity index is 1.59. The molecule has 4 nitrogen and oxygen atoms in total. The van der Waals surface area contributed by atoms with Crippen LogP contribution in [0.15, 0.2) is 24.4 Å². The quantitative estimate of drug-likeness (QED) is 0.857. The smallest absolute Gasteiger partial charge is 0.242 e. The van der Waals surface area contributed by atoms with E-state index in [4.69, 9.17) is 0 Å². The van der Waals surface area contributed by atoms with Crippen LogP contribution in [-0.2, 0) is 4.79 Å². The van der Waals surface area contributed by atoms with Crippen molar-refractivity contribution in [3.63, 3.8) is 0 Å². The first-order chi connectivity index (χ1) is 9.33. The van der Waals surface area contributed by atoms with E-state index in [1.54, 1.807) is 6.20 Å². The third-order valence-electron chi connectivity index (χ3n) is 4.38. The van der Waals surface area contributed by atoms with Crippen molar-refractivity contribution in [3.05, 3.63) is 24.4 Å². The number of piperidine rings is 1. The number of carbonyl (C=O) groups excluding carboxylic acids is 1. The number of anilines is 1. The van der Waals surface area contributed by atoms with Crippen molar-refractivity contribution in [1.29, 1.82) is 0 Å². The Kier molecular flexibility index (Phi) is 3.78. The van der Waals surface area contributed by atoms with Crippen LogP contribution >= 0.6 is 0 Å². The third kappa shape index (κ3) is 2.95. The van der Waals surface area contributed by atoms with Crippen LogP contribution in [0.5, 0.6) is 0 Å². The SMILES string of the molecule is O=C(Nc1ccccn1)C1CCC2CCCCC2N1. The second kappa shape index (κ2) is 5.70. The lowest BCUT2D eigenvalue weighted by atomic mass is 9.77. The van der Waals surface area contributed by atoms with Crippen LogP contribution < -0.4 is 10.6 Å². The number of amides is 1. The molecule has 19 heavy (non-hydrogen) atoms. The molecule has 102 valence electrons. The van der Waals surface area contributed by atoms with E-state index in [1.807, 2.05) is 18.2 Å². The van der Waals surface area contributed by atoms with Crippen molar-refractivity contribution in [2.45, 2.75) is 50.6 Å². The molecule has 1 aromatic rings. The van der Waals surface area contributed by atoms with Crippen LogP contribution in [0.3, 0.4) is 0 Å². The number of carbonyl (C=O) groups is 1. The van der Waals surface area contributed by atoms with Crippen molar-refractivity contribution in [1.82, 2.24) is 10.3 Å². The zero-order chi connectivity index (χ0) is 13.1. The van der Waals surface area contributed by atoms with Gasteiger partial charge in [-0.1, -0.05) is 18.9 Å². The molecule has 1 saturated heterocycles. The van der Waals surface area contributed by atoms with Gasteiger partial charge in [-0.3, -0.25) is 4.79 Å². The van der Waals surface area contributed by atoms with Crippen LogP contribution in [-0.4, -0.2) is 23.0 Å². The molecule has 1 aromatic heterocycles. The van der Waals surface area contributed by atoms with Gasteiger partial charge < -0.3 is 10.6 Å². The first-order valence-electron chi connectivity index (χ1n) is 7.31. The van der Waals surface area contributed by atoms with E-state index in [9.17, 15) is 4.79 Å². The molecule has 4 heteroatoms. The highest BCUT2D eigenvalue weighted by molar-refractivity contribution is 5.94. The highest BCUT2D eigenvalue weighted by Crippen LogP contribution is 2.32. The molecular formula is C15H21N3O. The maximum Gasteiger partial charge on any atom is 0.242 e. The number of nitrogens with one attached hydrogen (secondary N) is 2. The Morgan fingerprint density at radius 3 is 2.95 bits per heavy atom. The summed E-state index contributed by atoms with van der Waals surface area (Å²) in [5, 5.41) is 6.43. The minimum absolute atomic E-state index is 0.0543. The number of hydrogen-bond acceptors (Lipinski definition) is 3. The van der Waals surface area contributed by atoms with Crippen LogP contribution in [0.2, 0.25) is 0 Å². The summed E-state index contributed by atoms with van der Waals surface area (Å²) in [6.45, 7) is 0. The number of aromatic nitrogens is 1. The number of rotatable bonds is 2. The molecule has 2 fully saturated rings. The minimum Gasteiger partial charge on any atom is -0.309 e. The molecule has 0 radical (unpaired) electrons. The molecule has 2 heterocycles. The Labute approximate surface area is 114 Å². The van der Waals surface area contributed by atoms with Gasteiger partial charge in [0.25, 0.3) is 0 Å². The van der Waals surface area contributed by atoms with E-state index in [-0.39, 0.29) is 11.9 Å². The fourth-order valence-corrected chi connectivity index (χ4v) is 3.35. The van der Waals surface area contributed by atoms with Gasteiger partial charge in [0, 0.05) is 12.2 Å². The first kappa shape index (κ1) is 12.6. The molecular weight excluding hydrogens is 238 g/mol. The van der Waals surface area contributed by atoms with Crippen LogP contribution in [0, 0.1) is 5.92 Å². The van der Waals surface area contributed by atoms with Gasteiger partial charge in [0.05, 0.1) is 6.04 Å². The zero-order valence-electron chi connectivity index (χ0n) is 11.1. The molecule has 0 aromatic carbocycles. The van der Waals surface area contributed by atoms with Crippen LogP contribution in [0.1, 0.15) is 38.5 Å². The zero-order valence-corrected chi connectivity index (χ0v) is 11.1. The minimum atomic E-state index is -0.0543. The average molecular weight is 259 g/mol. The Hall–Kier alpha value is -1.42. The summed E-state index contributed by atoms with van der Waals surface area (Å²) >= 11 is 0. The van der Waals surface area contributed by atoms with Crippen molar-refractivity contribution in [3.8, 4) is 0 Å². The standard InChI is InChI=1S/C15H21N3O/c19-15(18-14-7-3-4-10-16-14)13-9-8-11-5-1-2-6-12(11)17-13/h3-4,7,10-13,17H,1-2,5-6,8-9H2,(H,16,18,19). The number of pyridine rings is 1. The molecule has 1 saturated carbocycles. The van der Waals surface area contributed by atoms with Gasteiger partial charge in [-0.2, -0.15) is 0 Å². The molecule has 3 atom stereocenters. The monoisotopic (exact) mass is 259 g/mol. The summed E-state index contributed by atoms with van der Waals surface area (Å²) in [4.78, 5) is 16.4. The number of nitrogens with zero attached hydrogens (tertiary/aromatic N) is 1. The second-order valence-corrected chi connectivity index (χ2v) is 5.65. The predicted octanol–water partition coefficient (Wildman–Crippen LogP) is 2.33. The molecule has 2 N–H and O–H groups in total. The molecule has 3 unspecified atom stereocenters. The first-order valence-corrected chi connectivity index (χ1v) is 7.31. The topological polar surface area (TPSA) is 54.0 Å². The lowest BCUT2D eigenvalue weighted by molar-refractivity contribution is -0.119. The van der Waals surface area contributed by atoms with E-state index in [0.29, 0.717) is 11.9 Å². The van der Waals surface area contributed by atoms with Crippen LogP contribution in [0.4, 0.5) is 5.82 Å². The summed E-state index contributed by atoms with van der Waals surface area (Å²) in [5.41, 5.74) is 0. The van der Waals surface area contributed by atoms with Gasteiger partial charge in [0.15, 0.2) is 0 Å². The molecule has 0 spiro atoms. The fraction of sp³-hybridized carbons (Fsp3) is 0.600. The maximum atomic E-state index is 12.2. The maximum absolute atomic E-state index is 12.2. The average Bonchev–Trinajstić information content (AvgIpc) is 2.48. The number of hydrogen-bond donors (Lipinski definition) is 2. The van der Waals surface area contributed by atoms with E-state index in [1.165, 1.54) is 32.1 Å². The van der Waals surface area contributed by atoms with Gasteiger partial charge in [-0.25, -0.2) is 4.98 Å². The molecule has 1 aliphatic carbocycles. The fourth-order valence-electron chi connectivity index (χ4n) is 3.35. The normalized spacial score (nSPS) is 30.4. The molecule has 2 aliphatic rings. The van der Waals surface area contributed by atoms with E-state index in [2.05, 4.69) is 15.6 Å². The highest BCUT2D eigenvalue weighted by Gasteiger charge is 2.34. The summed E-state index contributed by atoms with van der Waals surface area (Å²) < 4.78 is 0. The van der Waals surface area contributed by atoms with E-state index in [0.717, 1.165) is 12.3 Å². The second-order valence-electron chi connectivity index (χ2n) is 5.65.